The summed E-state index contributed by atoms with van der Waals surface area (Å²) in [4.78, 5) is 18.2. The van der Waals surface area contributed by atoms with Crippen molar-refractivity contribution in [3.8, 4) is 0 Å². The van der Waals surface area contributed by atoms with Gasteiger partial charge in [0.25, 0.3) is 0 Å². The maximum atomic E-state index is 12.1. The van der Waals surface area contributed by atoms with Crippen molar-refractivity contribution in [1.29, 1.82) is 0 Å². The van der Waals surface area contributed by atoms with Gasteiger partial charge in [-0.15, -0.1) is 12.4 Å². The molecule has 5 nitrogen and oxygen atoms in total. The third-order valence-electron chi connectivity index (χ3n) is 3.54. The van der Waals surface area contributed by atoms with Crippen molar-refractivity contribution in [3.63, 3.8) is 0 Å². The first-order valence-corrected chi connectivity index (χ1v) is 6.50. The van der Waals surface area contributed by atoms with E-state index in [-0.39, 0.29) is 24.9 Å². The van der Waals surface area contributed by atoms with E-state index < -0.39 is 0 Å². The molecule has 21 heavy (non-hydrogen) atoms. The maximum Gasteiger partial charge on any atom is 0.249 e. The molecule has 0 unspecified atom stereocenters. The van der Waals surface area contributed by atoms with E-state index in [1.165, 1.54) is 0 Å². The molecule has 2 aromatic rings. The van der Waals surface area contributed by atoms with Gasteiger partial charge in [-0.05, 0) is 6.92 Å². The Bertz CT molecular complexity index is 706. The number of carbonyl (C=O) groups is 1. The minimum absolute atomic E-state index is 0. The second-order valence-electron chi connectivity index (χ2n) is 4.89. The van der Waals surface area contributed by atoms with Crippen LogP contribution < -0.4 is 4.90 Å². The Morgan fingerprint density at radius 2 is 1.81 bits per heavy atom. The van der Waals surface area contributed by atoms with Gasteiger partial charge in [-0.1, -0.05) is 30.3 Å². The Hall–Kier alpha value is -2.14. The number of rotatable bonds is 1. The highest BCUT2D eigenvalue weighted by Gasteiger charge is 2.28. The average molecular weight is 305 g/mol. The number of hydrogen-bond donors (Lipinski definition) is 0. The lowest BCUT2D eigenvalue weighted by atomic mass is 10.0. The van der Waals surface area contributed by atoms with Crippen LogP contribution in [0.3, 0.4) is 0 Å². The lowest BCUT2D eigenvalue weighted by Crippen LogP contribution is -2.29. The highest BCUT2D eigenvalue weighted by atomic mass is 35.5. The number of amides is 1. The number of likely N-dealkylation sites (N-methyl/N-ethyl adjacent to an activating group) is 1. The summed E-state index contributed by atoms with van der Waals surface area (Å²) >= 11 is 0. The number of halogens is 1. The molecular formula is C15H17ClN4O. The van der Waals surface area contributed by atoms with E-state index in [0.29, 0.717) is 0 Å². The molecule has 0 spiro atoms. The Morgan fingerprint density at radius 3 is 2.48 bits per heavy atom. The topological polar surface area (TPSA) is 50.5 Å². The number of carbonyl (C=O) groups excluding carboxylic acids is 1. The summed E-state index contributed by atoms with van der Waals surface area (Å²) in [5.74, 6) is 0.771. The molecule has 0 saturated carbocycles. The molecule has 0 aliphatic carbocycles. The smallest absolute Gasteiger partial charge is 0.249 e. The van der Waals surface area contributed by atoms with Crippen LogP contribution in [-0.2, 0) is 11.8 Å². The molecular weight excluding hydrogens is 288 g/mol. The van der Waals surface area contributed by atoms with E-state index in [2.05, 4.69) is 10.1 Å². The highest BCUT2D eigenvalue weighted by molar-refractivity contribution is 6.19. The van der Waals surface area contributed by atoms with Crippen LogP contribution in [0.15, 0.2) is 35.3 Å². The lowest BCUT2D eigenvalue weighted by Gasteiger charge is -2.16. The van der Waals surface area contributed by atoms with Gasteiger partial charge in [0.1, 0.15) is 12.4 Å². The molecule has 0 fully saturated rings. The summed E-state index contributed by atoms with van der Waals surface area (Å²) in [5, 5.41) is 4.44. The number of aromatic nitrogens is 2. The molecule has 2 heterocycles. The van der Waals surface area contributed by atoms with Gasteiger partial charge in [-0.3, -0.25) is 19.4 Å². The van der Waals surface area contributed by atoms with Crippen molar-refractivity contribution < 1.29 is 4.79 Å². The predicted octanol–water partition coefficient (Wildman–Crippen LogP) is 1.96. The molecule has 1 aliphatic rings. The molecule has 1 amide bonds. The molecule has 0 saturated heterocycles. The van der Waals surface area contributed by atoms with Gasteiger partial charge in [0.15, 0.2) is 0 Å². The number of aliphatic imine (C=N–C) groups is 1. The number of fused-ring (bicyclic) bond motifs is 1. The number of aryl methyl sites for hydroxylation is 2. The van der Waals surface area contributed by atoms with E-state index >= 15 is 0 Å². The van der Waals surface area contributed by atoms with Crippen molar-refractivity contribution in [2.24, 2.45) is 12.0 Å². The Kier molecular flexibility index (Phi) is 4.14. The van der Waals surface area contributed by atoms with Gasteiger partial charge in [-0.2, -0.15) is 5.10 Å². The molecule has 110 valence electrons. The number of nitrogens with zero attached hydrogens (tertiary/aromatic N) is 4. The van der Waals surface area contributed by atoms with Crippen LogP contribution in [0.1, 0.15) is 16.8 Å². The first kappa shape index (κ1) is 15.3. The number of hydrogen-bond acceptors (Lipinski definition) is 3. The summed E-state index contributed by atoms with van der Waals surface area (Å²) in [7, 11) is 3.62. The van der Waals surface area contributed by atoms with Crippen LogP contribution in [0.25, 0.3) is 0 Å². The Morgan fingerprint density at radius 1 is 1.14 bits per heavy atom. The van der Waals surface area contributed by atoms with Crippen LogP contribution >= 0.6 is 12.4 Å². The van der Waals surface area contributed by atoms with Gasteiger partial charge in [0.05, 0.1) is 17.0 Å². The van der Waals surface area contributed by atoms with Crippen molar-refractivity contribution in [1.82, 2.24) is 9.78 Å². The van der Waals surface area contributed by atoms with E-state index in [1.54, 1.807) is 16.6 Å². The SMILES string of the molecule is Cc1nn(C)c2c1C(c1ccccc1)=NCC(=O)N2C.Cl. The van der Waals surface area contributed by atoms with Gasteiger partial charge in [0, 0.05) is 19.7 Å². The van der Waals surface area contributed by atoms with Crippen molar-refractivity contribution >= 4 is 29.8 Å². The van der Waals surface area contributed by atoms with Crippen LogP contribution in [0.4, 0.5) is 5.82 Å². The van der Waals surface area contributed by atoms with Crippen molar-refractivity contribution in [2.45, 2.75) is 6.92 Å². The molecule has 0 atom stereocenters. The van der Waals surface area contributed by atoms with E-state index in [0.717, 1.165) is 28.4 Å². The first-order valence-electron chi connectivity index (χ1n) is 6.50. The Balaban J connectivity index is 0.00000161. The molecule has 0 radical (unpaired) electrons. The first-order chi connectivity index (χ1) is 9.59. The van der Waals surface area contributed by atoms with Gasteiger partial charge >= 0.3 is 0 Å². The van der Waals surface area contributed by atoms with E-state index in [4.69, 9.17) is 0 Å². The van der Waals surface area contributed by atoms with Gasteiger partial charge in [-0.25, -0.2) is 0 Å². The minimum atomic E-state index is -0.0276. The molecule has 1 aromatic heterocycles. The maximum absolute atomic E-state index is 12.1. The summed E-state index contributed by atoms with van der Waals surface area (Å²) in [5.41, 5.74) is 3.66. The average Bonchev–Trinajstić information content (AvgIpc) is 2.66. The molecule has 6 heteroatoms. The molecule has 1 aromatic carbocycles. The fraction of sp³-hybridized carbons (Fsp3) is 0.267. The van der Waals surface area contributed by atoms with Gasteiger partial charge < -0.3 is 0 Å². The monoisotopic (exact) mass is 304 g/mol. The molecule has 1 aliphatic heterocycles. The standard InChI is InChI=1S/C15H16N4O.ClH/c1-10-13-14(11-7-5-4-6-8-11)16-9-12(20)18(2)15(13)19(3)17-10;/h4-8H,9H2,1-3H3;1H. The number of benzene rings is 1. The summed E-state index contributed by atoms with van der Waals surface area (Å²) in [6, 6.07) is 9.92. The highest BCUT2D eigenvalue weighted by Crippen LogP contribution is 2.28. The van der Waals surface area contributed by atoms with E-state index in [1.807, 2.05) is 44.3 Å². The summed E-state index contributed by atoms with van der Waals surface area (Å²) in [6.45, 7) is 2.11. The lowest BCUT2D eigenvalue weighted by molar-refractivity contribution is -0.117. The van der Waals surface area contributed by atoms with Crippen LogP contribution in [0, 0.1) is 6.92 Å². The zero-order valence-corrected chi connectivity index (χ0v) is 13.0. The largest absolute Gasteiger partial charge is 0.298 e. The van der Waals surface area contributed by atoms with Crippen LogP contribution in [-0.4, -0.2) is 35.0 Å². The van der Waals surface area contributed by atoms with Crippen LogP contribution in [0.5, 0.6) is 0 Å². The van der Waals surface area contributed by atoms with Crippen molar-refractivity contribution in [3.05, 3.63) is 47.2 Å². The number of anilines is 1. The molecule has 3 rings (SSSR count). The normalized spacial score (nSPS) is 14.1. The molecule has 0 bridgehead atoms. The summed E-state index contributed by atoms with van der Waals surface area (Å²) in [6.07, 6.45) is 0. The van der Waals surface area contributed by atoms with Crippen LogP contribution in [0.2, 0.25) is 0 Å². The third-order valence-corrected chi connectivity index (χ3v) is 3.54. The fourth-order valence-corrected chi connectivity index (χ4v) is 2.59. The quantitative estimate of drug-likeness (QED) is 0.809. The second kappa shape index (κ2) is 5.69. The molecule has 0 N–H and O–H groups in total. The van der Waals surface area contributed by atoms with Crippen molar-refractivity contribution in [2.75, 3.05) is 18.5 Å². The third kappa shape index (κ3) is 2.45. The zero-order chi connectivity index (χ0) is 14.3. The van der Waals surface area contributed by atoms with E-state index in [9.17, 15) is 4.79 Å². The Labute approximate surface area is 129 Å². The predicted molar refractivity (Wildman–Crippen MR) is 85.6 cm³/mol. The second-order valence-corrected chi connectivity index (χ2v) is 4.89. The minimum Gasteiger partial charge on any atom is -0.298 e. The van der Waals surface area contributed by atoms with Gasteiger partial charge in [0.2, 0.25) is 5.91 Å². The fourth-order valence-electron chi connectivity index (χ4n) is 2.59. The zero-order valence-electron chi connectivity index (χ0n) is 12.2. The summed E-state index contributed by atoms with van der Waals surface area (Å²) < 4.78 is 1.74.